The number of nitro benzene ring substituents is 1. The number of carbonyl (C=O) groups is 1. The van der Waals surface area contributed by atoms with E-state index in [0.29, 0.717) is 0 Å². The Labute approximate surface area is 155 Å². The summed E-state index contributed by atoms with van der Waals surface area (Å²) in [7, 11) is 0. The Morgan fingerprint density at radius 3 is 2.04 bits per heavy atom. The first kappa shape index (κ1) is 18.3. The molecule has 1 N–H and O–H groups in total. The smallest absolute Gasteiger partial charge is 0.271 e. The zero-order chi connectivity index (χ0) is 19.2. The lowest BCUT2D eigenvalue weighted by Crippen LogP contribution is -2.17. The van der Waals surface area contributed by atoms with Crippen molar-refractivity contribution in [1.29, 1.82) is 0 Å². The second-order valence-electron chi connectivity index (χ2n) is 6.05. The molecule has 3 aromatic rings. The molecule has 27 heavy (non-hydrogen) atoms. The number of amides is 1. The van der Waals surface area contributed by atoms with Gasteiger partial charge in [0.1, 0.15) is 5.82 Å². The van der Waals surface area contributed by atoms with Gasteiger partial charge in [0, 0.05) is 24.5 Å². The minimum atomic E-state index is -0.718. The van der Waals surface area contributed by atoms with E-state index < -0.39 is 16.6 Å². The minimum Gasteiger partial charge on any atom is -0.323 e. The third kappa shape index (κ3) is 4.55. The van der Waals surface area contributed by atoms with Gasteiger partial charge in [0.05, 0.1) is 10.6 Å². The van der Waals surface area contributed by atoms with E-state index in [1.165, 1.54) is 0 Å². The molecule has 1 amide bonds. The van der Waals surface area contributed by atoms with E-state index in [1.54, 1.807) is 0 Å². The number of hydrogen-bond donors (Lipinski definition) is 1. The monoisotopic (exact) mass is 364 g/mol. The Kier molecular flexibility index (Phi) is 5.56. The van der Waals surface area contributed by atoms with E-state index in [0.717, 1.165) is 29.3 Å². The molecule has 0 aliphatic heterocycles. The van der Waals surface area contributed by atoms with E-state index in [4.69, 9.17) is 0 Å². The van der Waals surface area contributed by atoms with Crippen LogP contribution in [-0.2, 0) is 4.79 Å². The fourth-order valence-corrected chi connectivity index (χ4v) is 2.91. The van der Waals surface area contributed by atoms with Crippen LogP contribution in [0.3, 0.4) is 0 Å². The lowest BCUT2D eigenvalue weighted by Gasteiger charge is -2.18. The van der Waals surface area contributed by atoms with Gasteiger partial charge in [-0.3, -0.25) is 14.9 Å². The molecule has 0 heterocycles. The quantitative estimate of drug-likeness (QED) is 0.500. The van der Waals surface area contributed by atoms with Crippen molar-refractivity contribution in [2.75, 3.05) is 5.32 Å². The van der Waals surface area contributed by atoms with Crippen LogP contribution < -0.4 is 5.32 Å². The van der Waals surface area contributed by atoms with Gasteiger partial charge in [0.2, 0.25) is 5.91 Å². The number of anilines is 1. The van der Waals surface area contributed by atoms with Crippen molar-refractivity contribution in [1.82, 2.24) is 0 Å². The molecule has 0 fully saturated rings. The van der Waals surface area contributed by atoms with Crippen molar-refractivity contribution >= 4 is 17.3 Å². The topological polar surface area (TPSA) is 72.2 Å². The summed E-state index contributed by atoms with van der Waals surface area (Å²) in [5.41, 5.74) is 1.43. The van der Waals surface area contributed by atoms with Crippen LogP contribution in [0, 0.1) is 15.9 Å². The molecule has 136 valence electrons. The molecule has 0 aromatic heterocycles. The molecule has 3 rings (SSSR count). The number of benzene rings is 3. The molecule has 3 aromatic carbocycles. The average Bonchev–Trinajstić information content (AvgIpc) is 2.69. The number of halogens is 1. The summed E-state index contributed by atoms with van der Waals surface area (Å²) >= 11 is 0. The molecule has 5 nitrogen and oxygen atoms in total. The van der Waals surface area contributed by atoms with E-state index in [2.05, 4.69) is 5.32 Å². The highest BCUT2D eigenvalue weighted by Gasteiger charge is 2.20. The van der Waals surface area contributed by atoms with Gasteiger partial charge in [0.25, 0.3) is 5.69 Å². The van der Waals surface area contributed by atoms with Gasteiger partial charge in [-0.1, -0.05) is 60.7 Å². The predicted molar refractivity (Wildman–Crippen MR) is 101 cm³/mol. The Hall–Kier alpha value is -3.54. The maximum absolute atomic E-state index is 13.9. The summed E-state index contributed by atoms with van der Waals surface area (Å²) in [4.78, 5) is 22.8. The molecule has 0 saturated heterocycles. The third-order valence-corrected chi connectivity index (χ3v) is 4.23. The fourth-order valence-electron chi connectivity index (χ4n) is 2.91. The Bertz CT molecular complexity index is 907. The zero-order valence-corrected chi connectivity index (χ0v) is 14.3. The number of rotatable bonds is 6. The highest BCUT2D eigenvalue weighted by molar-refractivity contribution is 5.92. The molecular weight excluding hydrogens is 347 g/mol. The Morgan fingerprint density at radius 1 is 0.963 bits per heavy atom. The molecule has 0 aliphatic carbocycles. The maximum atomic E-state index is 13.9. The highest BCUT2D eigenvalue weighted by Crippen LogP contribution is 2.29. The van der Waals surface area contributed by atoms with Crippen LogP contribution in [-0.4, -0.2) is 10.8 Å². The number of nitrogens with one attached hydrogen (secondary N) is 1. The predicted octanol–water partition coefficient (Wildman–Crippen LogP) is 4.89. The van der Waals surface area contributed by atoms with Crippen LogP contribution in [0.25, 0.3) is 0 Å². The summed E-state index contributed by atoms with van der Waals surface area (Å²) in [6, 6.07) is 22.1. The SMILES string of the molecule is O=C(CC(c1ccccc1)c1ccccc1)Nc1cc([N+](=O)[O-])ccc1F. The van der Waals surface area contributed by atoms with E-state index >= 15 is 0 Å². The normalized spacial score (nSPS) is 10.6. The van der Waals surface area contributed by atoms with Gasteiger partial charge < -0.3 is 5.32 Å². The zero-order valence-electron chi connectivity index (χ0n) is 14.3. The van der Waals surface area contributed by atoms with Crippen molar-refractivity contribution in [3.05, 3.63) is 106 Å². The number of nitro groups is 1. The lowest BCUT2D eigenvalue weighted by atomic mass is 9.88. The van der Waals surface area contributed by atoms with E-state index in [9.17, 15) is 19.3 Å². The minimum absolute atomic E-state index is 0.0795. The average molecular weight is 364 g/mol. The number of carbonyl (C=O) groups excluding carboxylic acids is 1. The van der Waals surface area contributed by atoms with Crippen molar-refractivity contribution in [3.63, 3.8) is 0 Å². The molecule has 0 bridgehead atoms. The summed E-state index contributed by atoms with van der Waals surface area (Å²) in [6.07, 6.45) is 0.0795. The van der Waals surface area contributed by atoms with Crippen molar-refractivity contribution in [2.24, 2.45) is 0 Å². The Balaban J connectivity index is 1.84. The highest BCUT2D eigenvalue weighted by atomic mass is 19.1. The molecule has 0 atom stereocenters. The van der Waals surface area contributed by atoms with Gasteiger partial charge in [-0.2, -0.15) is 0 Å². The standard InChI is InChI=1S/C21H17FN2O3/c22-19-12-11-17(24(26)27)13-20(19)23-21(25)14-18(15-7-3-1-4-8-15)16-9-5-2-6-10-16/h1-13,18H,14H2,(H,23,25). The molecule has 0 radical (unpaired) electrons. The van der Waals surface area contributed by atoms with Crippen LogP contribution in [0.1, 0.15) is 23.5 Å². The maximum Gasteiger partial charge on any atom is 0.271 e. The van der Waals surface area contributed by atoms with Crippen molar-refractivity contribution in [3.8, 4) is 0 Å². The van der Waals surface area contributed by atoms with Gasteiger partial charge >= 0.3 is 0 Å². The van der Waals surface area contributed by atoms with Crippen molar-refractivity contribution < 1.29 is 14.1 Å². The van der Waals surface area contributed by atoms with E-state index in [1.807, 2.05) is 60.7 Å². The van der Waals surface area contributed by atoms with E-state index in [-0.39, 0.29) is 23.7 Å². The fraction of sp³-hybridized carbons (Fsp3) is 0.0952. The third-order valence-electron chi connectivity index (χ3n) is 4.23. The lowest BCUT2D eigenvalue weighted by molar-refractivity contribution is -0.384. The van der Waals surface area contributed by atoms with Crippen LogP contribution in [0.2, 0.25) is 0 Å². The summed E-state index contributed by atoms with van der Waals surface area (Å²) in [6.45, 7) is 0. The van der Waals surface area contributed by atoms with Gasteiger partial charge in [-0.25, -0.2) is 4.39 Å². The van der Waals surface area contributed by atoms with Crippen LogP contribution in [0.15, 0.2) is 78.9 Å². The number of nitrogens with zero attached hydrogens (tertiary/aromatic N) is 1. The van der Waals surface area contributed by atoms with Crippen LogP contribution in [0.5, 0.6) is 0 Å². The second-order valence-corrected chi connectivity index (χ2v) is 6.05. The van der Waals surface area contributed by atoms with Gasteiger partial charge in [-0.15, -0.1) is 0 Å². The van der Waals surface area contributed by atoms with Gasteiger partial charge in [0.15, 0.2) is 0 Å². The summed E-state index contributed by atoms with van der Waals surface area (Å²) in [5.74, 6) is -1.36. The largest absolute Gasteiger partial charge is 0.323 e. The molecule has 0 unspecified atom stereocenters. The molecule has 6 heteroatoms. The number of hydrogen-bond acceptors (Lipinski definition) is 3. The first-order valence-electron chi connectivity index (χ1n) is 8.38. The first-order chi connectivity index (χ1) is 13.0. The van der Waals surface area contributed by atoms with Crippen LogP contribution >= 0.6 is 0 Å². The molecule has 0 aliphatic rings. The summed E-state index contributed by atoms with van der Waals surface area (Å²) in [5, 5.41) is 13.3. The second kappa shape index (κ2) is 8.23. The molecular formula is C21H17FN2O3. The number of non-ortho nitro benzene ring substituents is 1. The van der Waals surface area contributed by atoms with Gasteiger partial charge in [-0.05, 0) is 17.2 Å². The summed E-state index contributed by atoms with van der Waals surface area (Å²) < 4.78 is 13.9. The Morgan fingerprint density at radius 2 is 1.52 bits per heavy atom. The molecule has 0 spiro atoms. The van der Waals surface area contributed by atoms with Crippen LogP contribution in [0.4, 0.5) is 15.8 Å². The molecule has 0 saturated carbocycles. The van der Waals surface area contributed by atoms with Crippen molar-refractivity contribution in [2.45, 2.75) is 12.3 Å². The first-order valence-corrected chi connectivity index (χ1v) is 8.38.